The Morgan fingerprint density at radius 3 is 2.93 bits per heavy atom. The van der Waals surface area contributed by atoms with E-state index in [1.165, 1.54) is 5.01 Å². The van der Waals surface area contributed by atoms with Gasteiger partial charge in [-0.1, -0.05) is 0 Å². The van der Waals surface area contributed by atoms with Crippen LogP contribution in [0.1, 0.15) is 24.0 Å². The highest BCUT2D eigenvalue weighted by atomic mass is 32.1. The lowest BCUT2D eigenvalue weighted by molar-refractivity contribution is 0.156. The molecule has 1 fully saturated rings. The number of aryl methyl sites for hydroxylation is 1. The summed E-state index contributed by atoms with van der Waals surface area (Å²) in [5.74, 6) is 0.535. The summed E-state index contributed by atoms with van der Waals surface area (Å²) in [6, 6.07) is 0. The van der Waals surface area contributed by atoms with Gasteiger partial charge < -0.3 is 10.1 Å². The molecule has 0 saturated carbocycles. The van der Waals surface area contributed by atoms with Crippen LogP contribution in [0.15, 0.2) is 5.38 Å². The molecule has 2 heterocycles. The molecular formula is C11H18N2OS. The van der Waals surface area contributed by atoms with Crippen molar-refractivity contribution in [1.82, 2.24) is 10.3 Å². The van der Waals surface area contributed by atoms with Crippen LogP contribution in [0.4, 0.5) is 0 Å². The lowest BCUT2D eigenvalue weighted by Gasteiger charge is -2.32. The van der Waals surface area contributed by atoms with Crippen LogP contribution < -0.4 is 5.32 Å². The molecule has 0 spiro atoms. The molecule has 2 unspecified atom stereocenters. The molecule has 1 aromatic rings. The summed E-state index contributed by atoms with van der Waals surface area (Å²) < 4.78 is 5.47. The first-order valence-electron chi connectivity index (χ1n) is 5.36. The molecule has 2 atom stereocenters. The first-order valence-corrected chi connectivity index (χ1v) is 6.24. The Kier molecular flexibility index (Phi) is 3.09. The highest BCUT2D eigenvalue weighted by Gasteiger charge is 2.39. The zero-order valence-electron chi connectivity index (χ0n) is 9.54. The lowest BCUT2D eigenvalue weighted by atomic mass is 9.85. The summed E-state index contributed by atoms with van der Waals surface area (Å²) in [5, 5.41) is 6.71. The van der Waals surface area contributed by atoms with E-state index < -0.39 is 0 Å². The standard InChI is InChI=1S/C11H18N2OS/c1-8-7-15-10(13-8)11(2,12-3)9-4-5-14-6-9/h7,9,12H,4-6H2,1-3H3. The summed E-state index contributed by atoms with van der Waals surface area (Å²) in [5.41, 5.74) is 1.07. The van der Waals surface area contributed by atoms with Crippen molar-refractivity contribution < 1.29 is 4.74 Å². The summed E-state index contributed by atoms with van der Waals surface area (Å²) in [7, 11) is 2.01. The molecule has 84 valence electrons. The average Bonchev–Trinajstić information content (AvgIpc) is 2.87. The number of aromatic nitrogens is 1. The second-order valence-corrected chi connectivity index (χ2v) is 5.17. The largest absolute Gasteiger partial charge is 0.381 e. The van der Waals surface area contributed by atoms with Gasteiger partial charge in [0, 0.05) is 23.6 Å². The van der Waals surface area contributed by atoms with Crippen LogP contribution >= 0.6 is 11.3 Å². The lowest BCUT2D eigenvalue weighted by Crippen LogP contribution is -2.44. The van der Waals surface area contributed by atoms with E-state index in [0.717, 1.165) is 25.3 Å². The van der Waals surface area contributed by atoms with E-state index >= 15 is 0 Å². The third-order valence-corrected chi connectivity index (χ3v) is 4.53. The summed E-state index contributed by atoms with van der Waals surface area (Å²) in [4.78, 5) is 4.60. The van der Waals surface area contributed by atoms with Crippen molar-refractivity contribution in [2.24, 2.45) is 5.92 Å². The van der Waals surface area contributed by atoms with E-state index in [4.69, 9.17) is 4.74 Å². The van der Waals surface area contributed by atoms with Crippen molar-refractivity contribution in [3.05, 3.63) is 16.1 Å². The maximum atomic E-state index is 5.47. The van der Waals surface area contributed by atoms with Crippen LogP contribution in [0.25, 0.3) is 0 Å². The van der Waals surface area contributed by atoms with Gasteiger partial charge in [0.05, 0.1) is 12.1 Å². The van der Waals surface area contributed by atoms with Crippen molar-refractivity contribution in [2.45, 2.75) is 25.8 Å². The van der Waals surface area contributed by atoms with E-state index in [0.29, 0.717) is 5.92 Å². The first-order chi connectivity index (χ1) is 7.16. The minimum atomic E-state index is -0.0323. The number of ether oxygens (including phenoxy) is 1. The maximum absolute atomic E-state index is 5.47. The number of nitrogens with zero attached hydrogens (tertiary/aromatic N) is 1. The molecule has 0 bridgehead atoms. The highest BCUT2D eigenvalue weighted by Crippen LogP contribution is 2.35. The van der Waals surface area contributed by atoms with E-state index in [1.807, 2.05) is 14.0 Å². The van der Waals surface area contributed by atoms with Crippen molar-refractivity contribution in [2.75, 3.05) is 20.3 Å². The molecule has 0 amide bonds. The van der Waals surface area contributed by atoms with Gasteiger partial charge in [0.25, 0.3) is 0 Å². The molecule has 1 aliphatic rings. The van der Waals surface area contributed by atoms with Gasteiger partial charge in [-0.05, 0) is 27.3 Å². The van der Waals surface area contributed by atoms with E-state index in [9.17, 15) is 0 Å². The summed E-state index contributed by atoms with van der Waals surface area (Å²) >= 11 is 1.74. The Morgan fingerprint density at radius 2 is 2.47 bits per heavy atom. The quantitative estimate of drug-likeness (QED) is 0.855. The zero-order chi connectivity index (χ0) is 10.9. The number of nitrogens with one attached hydrogen (secondary N) is 1. The van der Waals surface area contributed by atoms with Crippen LogP contribution in [-0.2, 0) is 10.3 Å². The van der Waals surface area contributed by atoms with Crippen molar-refractivity contribution in [3.8, 4) is 0 Å². The minimum Gasteiger partial charge on any atom is -0.381 e. The van der Waals surface area contributed by atoms with Gasteiger partial charge in [0.2, 0.25) is 0 Å². The minimum absolute atomic E-state index is 0.0323. The fourth-order valence-electron chi connectivity index (χ4n) is 2.07. The summed E-state index contributed by atoms with van der Waals surface area (Å²) in [6.45, 7) is 5.99. The molecule has 4 heteroatoms. The van der Waals surface area contributed by atoms with Crippen LogP contribution in [0.5, 0.6) is 0 Å². The fraction of sp³-hybridized carbons (Fsp3) is 0.727. The molecular weight excluding hydrogens is 208 g/mol. The smallest absolute Gasteiger partial charge is 0.113 e. The van der Waals surface area contributed by atoms with Crippen molar-refractivity contribution in [3.63, 3.8) is 0 Å². The van der Waals surface area contributed by atoms with Gasteiger partial charge >= 0.3 is 0 Å². The van der Waals surface area contributed by atoms with Crippen LogP contribution in [0.2, 0.25) is 0 Å². The number of thiazole rings is 1. The predicted molar refractivity (Wildman–Crippen MR) is 62.2 cm³/mol. The highest BCUT2D eigenvalue weighted by molar-refractivity contribution is 7.09. The first kappa shape index (κ1) is 11.0. The number of hydrogen-bond acceptors (Lipinski definition) is 4. The maximum Gasteiger partial charge on any atom is 0.113 e. The van der Waals surface area contributed by atoms with Gasteiger partial charge in [-0.2, -0.15) is 0 Å². The zero-order valence-corrected chi connectivity index (χ0v) is 10.4. The molecule has 0 aliphatic carbocycles. The number of hydrogen-bond donors (Lipinski definition) is 1. The van der Waals surface area contributed by atoms with Gasteiger partial charge in [-0.3, -0.25) is 0 Å². The second-order valence-electron chi connectivity index (χ2n) is 4.31. The second kappa shape index (κ2) is 4.20. The monoisotopic (exact) mass is 226 g/mol. The molecule has 3 nitrogen and oxygen atoms in total. The molecule has 0 radical (unpaired) electrons. The third kappa shape index (κ3) is 1.94. The number of rotatable bonds is 3. The van der Waals surface area contributed by atoms with E-state index in [2.05, 4.69) is 22.6 Å². The topological polar surface area (TPSA) is 34.2 Å². The average molecular weight is 226 g/mol. The normalized spacial score (nSPS) is 25.4. The Morgan fingerprint density at radius 1 is 1.67 bits per heavy atom. The Balaban J connectivity index is 2.27. The Hall–Kier alpha value is -0.450. The predicted octanol–water partition coefficient (Wildman–Crippen LogP) is 1.92. The molecule has 15 heavy (non-hydrogen) atoms. The fourth-order valence-corrected chi connectivity index (χ4v) is 3.11. The molecule has 1 N–H and O–H groups in total. The molecule has 1 saturated heterocycles. The molecule has 2 rings (SSSR count). The molecule has 0 aromatic carbocycles. The SMILES string of the molecule is CNC(C)(c1nc(C)cs1)C1CCOC1. The Labute approximate surface area is 94.9 Å². The van der Waals surface area contributed by atoms with Crippen LogP contribution in [0, 0.1) is 12.8 Å². The third-order valence-electron chi connectivity index (χ3n) is 3.33. The van der Waals surface area contributed by atoms with Crippen molar-refractivity contribution in [1.29, 1.82) is 0 Å². The molecule has 1 aliphatic heterocycles. The van der Waals surface area contributed by atoms with Crippen LogP contribution in [-0.4, -0.2) is 25.2 Å². The van der Waals surface area contributed by atoms with Crippen molar-refractivity contribution >= 4 is 11.3 Å². The van der Waals surface area contributed by atoms with Gasteiger partial charge in [-0.25, -0.2) is 4.98 Å². The van der Waals surface area contributed by atoms with Gasteiger partial charge in [0.15, 0.2) is 0 Å². The van der Waals surface area contributed by atoms with E-state index in [1.54, 1.807) is 11.3 Å². The summed E-state index contributed by atoms with van der Waals surface area (Å²) in [6.07, 6.45) is 1.12. The van der Waals surface area contributed by atoms with Gasteiger partial charge in [0.1, 0.15) is 5.01 Å². The van der Waals surface area contributed by atoms with Gasteiger partial charge in [-0.15, -0.1) is 11.3 Å². The van der Waals surface area contributed by atoms with Crippen LogP contribution in [0.3, 0.4) is 0 Å². The van der Waals surface area contributed by atoms with E-state index in [-0.39, 0.29) is 5.54 Å². The Bertz CT molecular complexity index is 333. The molecule has 1 aromatic heterocycles.